The van der Waals surface area contributed by atoms with Gasteiger partial charge in [0.2, 0.25) is 15.9 Å². The summed E-state index contributed by atoms with van der Waals surface area (Å²) in [5.41, 5.74) is 5.06. The quantitative estimate of drug-likeness (QED) is 0.457. The first-order valence-corrected chi connectivity index (χ1v) is 15.4. The van der Waals surface area contributed by atoms with E-state index in [1.807, 2.05) is 36.0 Å². The van der Waals surface area contributed by atoms with E-state index in [2.05, 4.69) is 27.4 Å². The van der Waals surface area contributed by atoms with Crippen LogP contribution in [0.25, 0.3) is 16.6 Å². The molecule has 11 heteroatoms. The van der Waals surface area contributed by atoms with E-state index in [0.717, 1.165) is 46.7 Å². The minimum absolute atomic E-state index is 0.0716. The number of pyridine rings is 1. The number of carbonyl (C=O) groups excluding carboxylic acids is 1. The Balaban J connectivity index is 1.32. The maximum absolute atomic E-state index is 11.9. The summed E-state index contributed by atoms with van der Waals surface area (Å²) in [5, 5.41) is 7.59. The zero-order valence-electron chi connectivity index (χ0n) is 22.6. The molecule has 2 saturated heterocycles. The highest BCUT2D eigenvalue weighted by atomic mass is 32.2. The topological polar surface area (TPSA) is 105 Å². The molecule has 3 fully saturated rings. The maximum atomic E-state index is 11.9. The average Bonchev–Trinajstić information content (AvgIpc) is 3.52. The van der Waals surface area contributed by atoms with Crippen LogP contribution >= 0.6 is 0 Å². The maximum Gasteiger partial charge on any atom is 0.220 e. The van der Waals surface area contributed by atoms with Crippen LogP contribution < -0.4 is 19.7 Å². The van der Waals surface area contributed by atoms with Crippen molar-refractivity contribution in [3.8, 4) is 22.6 Å². The zero-order chi connectivity index (χ0) is 27.3. The Bertz CT molecular complexity index is 1510. The van der Waals surface area contributed by atoms with E-state index in [9.17, 15) is 13.2 Å². The monoisotopic (exact) mass is 553 g/mol. The van der Waals surface area contributed by atoms with Crippen LogP contribution in [0.5, 0.6) is 11.5 Å². The van der Waals surface area contributed by atoms with Gasteiger partial charge in [-0.15, -0.1) is 0 Å². The summed E-state index contributed by atoms with van der Waals surface area (Å²) in [5.74, 6) is 2.21. The van der Waals surface area contributed by atoms with Crippen molar-refractivity contribution < 1.29 is 22.7 Å². The van der Waals surface area contributed by atoms with Gasteiger partial charge in [-0.1, -0.05) is 6.07 Å². The number of ether oxygens (including phenoxy) is 2. The molecule has 0 unspecified atom stereocenters. The number of piperazine rings is 1. The number of aromatic nitrogens is 2. The summed E-state index contributed by atoms with van der Waals surface area (Å²) in [6.45, 7) is 4.75. The van der Waals surface area contributed by atoms with E-state index in [4.69, 9.17) is 9.47 Å². The first-order valence-electron chi connectivity index (χ1n) is 13.5. The molecule has 0 spiro atoms. The smallest absolute Gasteiger partial charge is 0.220 e. The minimum atomic E-state index is -3.19. The third kappa shape index (κ3) is 5.17. The van der Waals surface area contributed by atoms with Crippen LogP contribution in [0, 0.1) is 5.92 Å². The van der Waals surface area contributed by atoms with E-state index < -0.39 is 10.0 Å². The molecule has 10 nitrogen and oxygen atoms in total. The van der Waals surface area contributed by atoms with Crippen LogP contribution in [-0.2, 0) is 14.8 Å². The van der Waals surface area contributed by atoms with E-state index in [0.29, 0.717) is 45.1 Å². The van der Waals surface area contributed by atoms with Gasteiger partial charge in [0.05, 0.1) is 25.2 Å². The Kier molecular flexibility index (Phi) is 6.66. The molecule has 3 aliphatic rings. The highest BCUT2D eigenvalue weighted by Crippen LogP contribution is 2.45. The van der Waals surface area contributed by atoms with Crippen molar-refractivity contribution in [1.29, 1.82) is 0 Å². The summed E-state index contributed by atoms with van der Waals surface area (Å²) in [6.07, 6.45) is 7.90. The Morgan fingerprint density at radius 2 is 1.82 bits per heavy atom. The highest BCUT2D eigenvalue weighted by molar-refractivity contribution is 7.88. The second-order valence-corrected chi connectivity index (χ2v) is 12.9. The third-order valence-electron chi connectivity index (χ3n) is 8.17. The van der Waals surface area contributed by atoms with Crippen LogP contribution in [0.4, 0.5) is 5.69 Å². The SMILES string of the molecule is COc1cc(-c2cc(O[C@H](C)[C@H]3CNC(=O)C3)c3c(C4CC4)cnn3c2)ccc1N1CCN(S(C)(=O)=O)CC1. The van der Waals surface area contributed by atoms with Gasteiger partial charge < -0.3 is 19.7 Å². The number of amides is 1. The van der Waals surface area contributed by atoms with Crippen LogP contribution in [-0.4, -0.2) is 80.4 Å². The van der Waals surface area contributed by atoms with Gasteiger partial charge in [0, 0.05) is 62.4 Å². The lowest BCUT2D eigenvalue weighted by Gasteiger charge is -2.35. The van der Waals surface area contributed by atoms with E-state index >= 15 is 0 Å². The van der Waals surface area contributed by atoms with Gasteiger partial charge in [0.25, 0.3) is 0 Å². The molecule has 1 aromatic carbocycles. The molecule has 3 aromatic rings. The average molecular weight is 554 g/mol. The molecule has 1 aliphatic carbocycles. The van der Waals surface area contributed by atoms with Crippen molar-refractivity contribution in [2.24, 2.45) is 5.92 Å². The van der Waals surface area contributed by atoms with Gasteiger partial charge in [-0.25, -0.2) is 12.9 Å². The highest BCUT2D eigenvalue weighted by Gasteiger charge is 2.32. The van der Waals surface area contributed by atoms with Crippen LogP contribution in [0.1, 0.15) is 37.7 Å². The van der Waals surface area contributed by atoms with Crippen LogP contribution in [0.2, 0.25) is 0 Å². The number of fused-ring (bicyclic) bond motifs is 1. The standard InChI is InChI=1S/C28H35N5O5S/c1-18(21-14-27(34)29-15-21)38-26-13-22(17-33-28(26)23(16-30-33)19-4-5-19)20-6-7-24(25(12-20)37-2)31-8-10-32(11-9-31)39(3,35)36/h6-7,12-13,16-19,21H,4-5,8-11,14-15H2,1-3H3,(H,29,34)/t18-,21-/m1/s1. The number of benzene rings is 1. The Morgan fingerprint density at radius 1 is 1.08 bits per heavy atom. The van der Waals surface area contributed by atoms with Gasteiger partial charge in [-0.05, 0) is 49.4 Å². The number of nitrogens with one attached hydrogen (secondary N) is 1. The molecule has 4 heterocycles. The number of carbonyl (C=O) groups is 1. The predicted molar refractivity (Wildman–Crippen MR) is 149 cm³/mol. The molecule has 1 amide bonds. The van der Waals surface area contributed by atoms with Crippen molar-refractivity contribution in [2.75, 3.05) is 51.0 Å². The van der Waals surface area contributed by atoms with Crippen molar-refractivity contribution in [1.82, 2.24) is 19.2 Å². The summed E-state index contributed by atoms with van der Waals surface area (Å²) in [4.78, 5) is 14.0. The van der Waals surface area contributed by atoms with Crippen molar-refractivity contribution >= 4 is 27.1 Å². The van der Waals surface area contributed by atoms with Crippen LogP contribution in [0.3, 0.4) is 0 Å². The first kappa shape index (κ1) is 25.9. The fraction of sp³-hybridized carbons (Fsp3) is 0.500. The molecule has 0 radical (unpaired) electrons. The summed E-state index contributed by atoms with van der Waals surface area (Å²) in [7, 11) is -1.54. The van der Waals surface area contributed by atoms with Crippen molar-refractivity contribution in [2.45, 2.75) is 38.2 Å². The molecular weight excluding hydrogens is 518 g/mol. The molecule has 2 aromatic heterocycles. The van der Waals surface area contributed by atoms with E-state index in [-0.39, 0.29) is 17.9 Å². The molecular formula is C28H35N5O5S. The lowest BCUT2D eigenvalue weighted by molar-refractivity contribution is -0.119. The Hall–Kier alpha value is -3.31. The fourth-order valence-corrected chi connectivity index (χ4v) is 6.51. The molecule has 1 N–H and O–H groups in total. The van der Waals surface area contributed by atoms with Gasteiger partial charge in [0.1, 0.15) is 23.1 Å². The van der Waals surface area contributed by atoms with Gasteiger partial charge >= 0.3 is 0 Å². The summed E-state index contributed by atoms with van der Waals surface area (Å²) in [6, 6.07) is 8.17. The van der Waals surface area contributed by atoms with Gasteiger partial charge in [0.15, 0.2) is 0 Å². The van der Waals surface area contributed by atoms with E-state index in [1.54, 1.807) is 7.11 Å². The largest absolute Gasteiger partial charge is 0.495 e. The number of hydrogen-bond donors (Lipinski definition) is 1. The first-order chi connectivity index (χ1) is 18.7. The third-order valence-corrected chi connectivity index (χ3v) is 9.47. The van der Waals surface area contributed by atoms with Crippen molar-refractivity contribution in [3.63, 3.8) is 0 Å². The molecule has 1 saturated carbocycles. The number of sulfonamides is 1. The second kappa shape index (κ2) is 10.0. The molecule has 6 rings (SSSR count). The lowest BCUT2D eigenvalue weighted by atomic mass is 10.0. The fourth-order valence-electron chi connectivity index (χ4n) is 5.68. The molecule has 2 aliphatic heterocycles. The Morgan fingerprint density at radius 3 is 2.46 bits per heavy atom. The predicted octanol–water partition coefficient (Wildman–Crippen LogP) is 2.87. The Labute approximate surface area is 228 Å². The summed E-state index contributed by atoms with van der Waals surface area (Å²) >= 11 is 0. The van der Waals surface area contributed by atoms with Gasteiger partial charge in [-0.3, -0.25) is 4.79 Å². The van der Waals surface area contributed by atoms with Crippen LogP contribution in [0.15, 0.2) is 36.7 Å². The summed E-state index contributed by atoms with van der Waals surface area (Å²) < 4.78 is 39.6. The molecule has 0 bridgehead atoms. The van der Waals surface area contributed by atoms with Gasteiger partial charge in [-0.2, -0.15) is 9.40 Å². The van der Waals surface area contributed by atoms with E-state index in [1.165, 1.54) is 16.1 Å². The minimum Gasteiger partial charge on any atom is -0.495 e. The number of methoxy groups -OCH3 is 1. The molecule has 208 valence electrons. The normalized spacial score (nSPS) is 21.3. The number of hydrogen-bond acceptors (Lipinski definition) is 7. The molecule has 39 heavy (non-hydrogen) atoms. The number of nitrogens with zero attached hydrogens (tertiary/aromatic N) is 4. The van der Waals surface area contributed by atoms with Crippen molar-refractivity contribution in [3.05, 3.63) is 42.2 Å². The molecule has 2 atom stereocenters. The zero-order valence-corrected chi connectivity index (χ0v) is 23.4. The lowest BCUT2D eigenvalue weighted by Crippen LogP contribution is -2.48. The number of anilines is 1. The second-order valence-electron chi connectivity index (χ2n) is 10.9. The number of rotatable bonds is 8.